The van der Waals surface area contributed by atoms with Crippen molar-refractivity contribution in [2.45, 2.75) is 19.2 Å². The van der Waals surface area contributed by atoms with Crippen molar-refractivity contribution in [3.8, 4) is 5.75 Å². The molecule has 3 atom stereocenters. The summed E-state index contributed by atoms with van der Waals surface area (Å²) in [6.07, 6.45) is 1.88. The van der Waals surface area contributed by atoms with Crippen LogP contribution in [0.4, 0.5) is 0 Å². The predicted molar refractivity (Wildman–Crippen MR) is 118 cm³/mol. The third-order valence-electron chi connectivity index (χ3n) is 5.44. The highest BCUT2D eigenvalue weighted by molar-refractivity contribution is 5.79. The average molecular weight is 459 g/mol. The normalized spacial score (nSPS) is 20.8. The first-order chi connectivity index (χ1) is 16.1. The zero-order valence-corrected chi connectivity index (χ0v) is 18.4. The minimum absolute atomic E-state index is 0.0661. The SMILES string of the molecule is COc1cccc(CN2C[C@@H]3[C@@H](C(=O)NCc4ccccn4)CO[C@@H]3C2)c1.O=CO.O=CO. The monoisotopic (exact) mass is 459 g/mol. The second-order valence-corrected chi connectivity index (χ2v) is 7.44. The van der Waals surface area contributed by atoms with Crippen LogP contribution in [0.15, 0.2) is 48.7 Å². The number of ether oxygens (including phenoxy) is 2. The van der Waals surface area contributed by atoms with E-state index in [2.05, 4.69) is 27.3 Å². The maximum Gasteiger partial charge on any atom is 0.290 e. The summed E-state index contributed by atoms with van der Waals surface area (Å²) >= 11 is 0. The highest BCUT2D eigenvalue weighted by Gasteiger charge is 2.46. The Kier molecular flexibility index (Phi) is 10.8. The Hall–Kier alpha value is -3.50. The number of carbonyl (C=O) groups is 3. The summed E-state index contributed by atoms with van der Waals surface area (Å²) in [4.78, 5) is 36.0. The predicted octanol–water partition coefficient (Wildman–Crippen LogP) is 1.26. The molecule has 1 amide bonds. The third-order valence-corrected chi connectivity index (χ3v) is 5.44. The van der Waals surface area contributed by atoms with Crippen LogP contribution in [0, 0.1) is 11.8 Å². The molecule has 3 heterocycles. The van der Waals surface area contributed by atoms with Crippen molar-refractivity contribution < 1.29 is 34.1 Å². The highest BCUT2D eigenvalue weighted by Crippen LogP contribution is 2.34. The molecule has 0 unspecified atom stereocenters. The second-order valence-electron chi connectivity index (χ2n) is 7.44. The summed E-state index contributed by atoms with van der Waals surface area (Å²) < 4.78 is 11.2. The Morgan fingerprint density at radius 1 is 1.21 bits per heavy atom. The average Bonchev–Trinajstić information content (AvgIpc) is 3.39. The molecule has 1 aromatic carbocycles. The van der Waals surface area contributed by atoms with Crippen LogP contribution in [-0.2, 0) is 32.2 Å². The van der Waals surface area contributed by atoms with Gasteiger partial charge in [0.25, 0.3) is 12.9 Å². The standard InChI is InChI=1S/C21H25N3O3.2CH2O2/c1-26-17-7-4-5-15(9-17)11-24-12-18-19(14-27-20(18)13-24)21(25)23-10-16-6-2-3-8-22-16;2*2-1-3/h2-9,18-20H,10-14H2,1H3,(H,23,25);2*1H,(H,2,3)/t18-,19+,20-;;/m1../s1. The molecule has 178 valence electrons. The Bertz CT molecular complexity index is 875. The molecule has 10 heteroatoms. The molecule has 4 rings (SSSR count). The van der Waals surface area contributed by atoms with Gasteiger partial charge < -0.3 is 25.0 Å². The molecule has 2 aromatic rings. The number of methoxy groups -OCH3 is 1. The number of carboxylic acid groups (broad SMARTS) is 2. The number of hydrogen-bond donors (Lipinski definition) is 3. The van der Waals surface area contributed by atoms with E-state index in [4.69, 9.17) is 29.3 Å². The van der Waals surface area contributed by atoms with Gasteiger partial charge in [0.2, 0.25) is 5.91 Å². The van der Waals surface area contributed by atoms with Crippen LogP contribution in [-0.4, -0.2) is 71.9 Å². The first kappa shape index (κ1) is 25.8. The number of rotatable bonds is 6. The summed E-state index contributed by atoms with van der Waals surface area (Å²) in [5, 5.41) is 16.8. The summed E-state index contributed by atoms with van der Waals surface area (Å²) in [7, 11) is 1.68. The van der Waals surface area contributed by atoms with E-state index in [0.29, 0.717) is 13.2 Å². The second kappa shape index (κ2) is 13.8. The molecule has 33 heavy (non-hydrogen) atoms. The zero-order chi connectivity index (χ0) is 24.1. The molecule has 1 aromatic heterocycles. The fourth-order valence-electron chi connectivity index (χ4n) is 4.03. The number of pyridine rings is 1. The number of hydrogen-bond acceptors (Lipinski definition) is 7. The van der Waals surface area contributed by atoms with E-state index in [1.807, 2.05) is 30.3 Å². The number of amides is 1. The van der Waals surface area contributed by atoms with Crippen molar-refractivity contribution in [2.24, 2.45) is 11.8 Å². The van der Waals surface area contributed by atoms with Gasteiger partial charge in [0.05, 0.1) is 38.0 Å². The van der Waals surface area contributed by atoms with E-state index in [9.17, 15) is 4.79 Å². The van der Waals surface area contributed by atoms with Gasteiger partial charge in [-0.3, -0.25) is 24.3 Å². The fraction of sp³-hybridized carbons (Fsp3) is 0.391. The van der Waals surface area contributed by atoms with Gasteiger partial charge in [-0.1, -0.05) is 18.2 Å². The lowest BCUT2D eigenvalue weighted by molar-refractivity contribution is -0.126. The maximum atomic E-state index is 12.7. The number of benzene rings is 1. The van der Waals surface area contributed by atoms with Crippen molar-refractivity contribution in [2.75, 3.05) is 26.8 Å². The van der Waals surface area contributed by atoms with Crippen molar-refractivity contribution in [3.05, 3.63) is 59.9 Å². The number of likely N-dealkylation sites (tertiary alicyclic amines) is 1. The molecule has 0 aliphatic carbocycles. The molecule has 2 aliphatic rings. The van der Waals surface area contributed by atoms with E-state index in [1.54, 1.807) is 13.3 Å². The number of nitrogens with one attached hydrogen (secondary N) is 1. The van der Waals surface area contributed by atoms with Gasteiger partial charge in [-0.2, -0.15) is 0 Å². The molecule has 0 radical (unpaired) electrons. The third kappa shape index (κ3) is 7.85. The van der Waals surface area contributed by atoms with E-state index in [0.717, 1.165) is 31.1 Å². The number of aromatic nitrogens is 1. The number of fused-ring (bicyclic) bond motifs is 1. The van der Waals surface area contributed by atoms with Gasteiger partial charge in [0.1, 0.15) is 5.75 Å². The van der Waals surface area contributed by atoms with Gasteiger partial charge >= 0.3 is 0 Å². The molecule has 2 saturated heterocycles. The van der Waals surface area contributed by atoms with Crippen LogP contribution >= 0.6 is 0 Å². The molecule has 0 saturated carbocycles. The minimum atomic E-state index is -0.250. The summed E-state index contributed by atoms with van der Waals surface area (Å²) in [6, 6.07) is 13.8. The molecule has 0 bridgehead atoms. The Balaban J connectivity index is 0.000000582. The van der Waals surface area contributed by atoms with Crippen molar-refractivity contribution in [1.29, 1.82) is 0 Å². The Labute approximate surface area is 192 Å². The van der Waals surface area contributed by atoms with Crippen LogP contribution in [0.2, 0.25) is 0 Å². The van der Waals surface area contributed by atoms with E-state index < -0.39 is 0 Å². The van der Waals surface area contributed by atoms with E-state index in [1.165, 1.54) is 5.56 Å². The lowest BCUT2D eigenvalue weighted by atomic mass is 9.92. The Morgan fingerprint density at radius 2 is 1.97 bits per heavy atom. The summed E-state index contributed by atoms with van der Waals surface area (Å²) in [5.41, 5.74) is 2.08. The van der Waals surface area contributed by atoms with Crippen LogP contribution < -0.4 is 10.1 Å². The number of carbonyl (C=O) groups excluding carboxylic acids is 1. The molecule has 2 fully saturated rings. The van der Waals surface area contributed by atoms with E-state index in [-0.39, 0.29) is 36.8 Å². The zero-order valence-electron chi connectivity index (χ0n) is 18.4. The fourth-order valence-corrected chi connectivity index (χ4v) is 4.03. The van der Waals surface area contributed by atoms with Crippen molar-refractivity contribution >= 4 is 18.9 Å². The van der Waals surface area contributed by atoms with Gasteiger partial charge in [0, 0.05) is 31.7 Å². The first-order valence-corrected chi connectivity index (χ1v) is 10.4. The maximum absolute atomic E-state index is 12.7. The van der Waals surface area contributed by atoms with E-state index >= 15 is 0 Å². The van der Waals surface area contributed by atoms with Gasteiger partial charge in [-0.25, -0.2) is 0 Å². The van der Waals surface area contributed by atoms with Crippen LogP contribution in [0.3, 0.4) is 0 Å². The molecular weight excluding hydrogens is 430 g/mol. The van der Waals surface area contributed by atoms with Crippen molar-refractivity contribution in [3.63, 3.8) is 0 Å². The smallest absolute Gasteiger partial charge is 0.290 e. The quantitative estimate of drug-likeness (QED) is 0.545. The molecule has 10 nitrogen and oxygen atoms in total. The largest absolute Gasteiger partial charge is 0.497 e. The topological polar surface area (TPSA) is 138 Å². The first-order valence-electron chi connectivity index (χ1n) is 10.4. The van der Waals surface area contributed by atoms with Gasteiger partial charge in [0.15, 0.2) is 0 Å². The molecule has 3 N–H and O–H groups in total. The highest BCUT2D eigenvalue weighted by atomic mass is 16.5. The Morgan fingerprint density at radius 3 is 2.64 bits per heavy atom. The van der Waals surface area contributed by atoms with Crippen molar-refractivity contribution in [1.82, 2.24) is 15.2 Å². The molecular formula is C23H29N3O7. The van der Waals surface area contributed by atoms with Crippen LogP contribution in [0.5, 0.6) is 5.75 Å². The molecule has 0 spiro atoms. The van der Waals surface area contributed by atoms with Gasteiger partial charge in [-0.15, -0.1) is 0 Å². The van der Waals surface area contributed by atoms with Crippen LogP contribution in [0.1, 0.15) is 11.3 Å². The van der Waals surface area contributed by atoms with Gasteiger partial charge in [-0.05, 0) is 29.8 Å². The lowest BCUT2D eigenvalue weighted by Gasteiger charge is -2.19. The number of nitrogens with zero attached hydrogens (tertiary/aromatic N) is 2. The lowest BCUT2D eigenvalue weighted by Crippen LogP contribution is -2.36. The summed E-state index contributed by atoms with van der Waals surface area (Å²) in [6.45, 7) is 3.06. The summed E-state index contributed by atoms with van der Waals surface area (Å²) in [5.74, 6) is 1.10. The van der Waals surface area contributed by atoms with Crippen LogP contribution in [0.25, 0.3) is 0 Å². The minimum Gasteiger partial charge on any atom is -0.497 e. The molecule has 2 aliphatic heterocycles.